The standard InChI is InChI=1S/C20H28N4O5.C6H4F2/c1-28-18(25)16-5-3-2-4-6-17(16)23-11-7-15(8-12-23)21-9-10-22-19(26)24-13-14-29-20(24)27;7-5-3-1-2-4-6(5)8/h2-3,5-6,15,21H,4,7-14H2,1H3,(H,22,26);1-4H. The van der Waals surface area contributed by atoms with E-state index in [0.717, 1.165) is 55.1 Å². The maximum absolute atomic E-state index is 12.1. The zero-order valence-electron chi connectivity index (χ0n) is 20.8. The summed E-state index contributed by atoms with van der Waals surface area (Å²) in [6, 6.07) is 4.97. The monoisotopic (exact) mass is 518 g/mol. The molecule has 11 heteroatoms. The summed E-state index contributed by atoms with van der Waals surface area (Å²) in [5.41, 5.74) is 1.53. The van der Waals surface area contributed by atoms with E-state index < -0.39 is 23.8 Å². The van der Waals surface area contributed by atoms with Gasteiger partial charge in [-0.05, 0) is 37.5 Å². The van der Waals surface area contributed by atoms with Crippen molar-refractivity contribution in [2.75, 3.05) is 46.4 Å². The van der Waals surface area contributed by atoms with Crippen molar-refractivity contribution in [1.29, 1.82) is 0 Å². The molecule has 0 radical (unpaired) electrons. The maximum atomic E-state index is 12.1. The number of hydrogen-bond donors (Lipinski definition) is 2. The number of methoxy groups -OCH3 is 1. The number of rotatable bonds is 6. The van der Waals surface area contributed by atoms with Crippen LogP contribution in [0.2, 0.25) is 0 Å². The lowest BCUT2D eigenvalue weighted by molar-refractivity contribution is -0.136. The van der Waals surface area contributed by atoms with Gasteiger partial charge in [-0.2, -0.15) is 0 Å². The minimum absolute atomic E-state index is 0.252. The second-order valence-corrected chi connectivity index (χ2v) is 8.45. The van der Waals surface area contributed by atoms with Crippen LogP contribution in [-0.2, 0) is 14.3 Å². The molecule has 2 N–H and O–H groups in total. The predicted molar refractivity (Wildman–Crippen MR) is 132 cm³/mol. The van der Waals surface area contributed by atoms with Gasteiger partial charge < -0.3 is 25.0 Å². The van der Waals surface area contributed by atoms with Gasteiger partial charge in [-0.25, -0.2) is 28.1 Å². The minimum atomic E-state index is -0.799. The number of halogens is 2. The van der Waals surface area contributed by atoms with E-state index >= 15 is 0 Å². The van der Waals surface area contributed by atoms with E-state index in [1.165, 1.54) is 19.2 Å². The van der Waals surface area contributed by atoms with Crippen LogP contribution in [-0.4, -0.2) is 80.4 Å². The fourth-order valence-corrected chi connectivity index (χ4v) is 4.08. The minimum Gasteiger partial charge on any atom is -0.465 e. The van der Waals surface area contributed by atoms with E-state index in [0.29, 0.717) is 31.2 Å². The number of allylic oxidation sites excluding steroid dienone is 4. The van der Waals surface area contributed by atoms with Crippen LogP contribution in [0.15, 0.2) is 59.8 Å². The van der Waals surface area contributed by atoms with Crippen molar-refractivity contribution in [2.24, 2.45) is 0 Å². The van der Waals surface area contributed by atoms with Crippen molar-refractivity contribution in [1.82, 2.24) is 20.4 Å². The molecule has 0 aromatic heterocycles. The van der Waals surface area contributed by atoms with Gasteiger partial charge in [-0.15, -0.1) is 0 Å². The van der Waals surface area contributed by atoms with Crippen molar-refractivity contribution >= 4 is 18.1 Å². The Labute approximate surface area is 214 Å². The quantitative estimate of drug-likeness (QED) is 0.441. The summed E-state index contributed by atoms with van der Waals surface area (Å²) in [4.78, 5) is 38.6. The molecular weight excluding hydrogens is 486 g/mol. The highest BCUT2D eigenvalue weighted by atomic mass is 19.2. The van der Waals surface area contributed by atoms with E-state index in [1.54, 1.807) is 0 Å². The summed E-state index contributed by atoms with van der Waals surface area (Å²) < 4.78 is 33.6. The molecule has 2 fully saturated rings. The Morgan fingerprint density at radius 1 is 1.11 bits per heavy atom. The Bertz CT molecular complexity index is 1030. The maximum Gasteiger partial charge on any atom is 0.418 e. The summed E-state index contributed by atoms with van der Waals surface area (Å²) >= 11 is 0. The molecule has 0 unspecified atom stereocenters. The Morgan fingerprint density at radius 2 is 1.81 bits per heavy atom. The fourth-order valence-electron chi connectivity index (χ4n) is 4.08. The van der Waals surface area contributed by atoms with Crippen LogP contribution in [0.5, 0.6) is 0 Å². The Balaban J connectivity index is 0.000000405. The zero-order valence-corrected chi connectivity index (χ0v) is 20.8. The average Bonchev–Trinajstić information content (AvgIpc) is 3.19. The van der Waals surface area contributed by atoms with Crippen LogP contribution in [0, 0.1) is 11.6 Å². The fraction of sp³-hybridized carbons (Fsp3) is 0.423. The number of piperidine rings is 1. The lowest BCUT2D eigenvalue weighted by Gasteiger charge is -2.36. The molecule has 2 saturated heterocycles. The number of likely N-dealkylation sites (tertiary alicyclic amines) is 1. The lowest BCUT2D eigenvalue weighted by atomic mass is 10.0. The molecule has 1 aliphatic carbocycles. The van der Waals surface area contributed by atoms with Crippen LogP contribution in [0.1, 0.15) is 19.3 Å². The summed E-state index contributed by atoms with van der Waals surface area (Å²) in [5.74, 6) is -1.92. The largest absolute Gasteiger partial charge is 0.465 e. The molecule has 1 aromatic rings. The summed E-state index contributed by atoms with van der Waals surface area (Å²) in [6.07, 6.45) is 9.85. The van der Waals surface area contributed by atoms with Crippen LogP contribution >= 0.6 is 0 Å². The third kappa shape index (κ3) is 8.14. The number of esters is 1. The molecule has 2 heterocycles. The van der Waals surface area contributed by atoms with Gasteiger partial charge in [0.15, 0.2) is 11.6 Å². The molecule has 0 saturated carbocycles. The highest BCUT2D eigenvalue weighted by Gasteiger charge is 2.28. The molecule has 3 aliphatic rings. The van der Waals surface area contributed by atoms with Crippen LogP contribution in [0.25, 0.3) is 0 Å². The number of ether oxygens (including phenoxy) is 2. The van der Waals surface area contributed by atoms with Crippen molar-refractivity contribution in [3.05, 3.63) is 71.5 Å². The number of hydrogen-bond acceptors (Lipinski definition) is 7. The molecule has 0 bridgehead atoms. The molecule has 0 atom stereocenters. The first-order chi connectivity index (χ1) is 17.9. The topological polar surface area (TPSA) is 100 Å². The van der Waals surface area contributed by atoms with Crippen molar-refractivity contribution in [3.63, 3.8) is 0 Å². The second kappa shape index (κ2) is 14.1. The summed E-state index contributed by atoms with van der Waals surface area (Å²) in [7, 11) is 1.40. The van der Waals surface area contributed by atoms with E-state index in [4.69, 9.17) is 9.47 Å². The third-order valence-corrected chi connectivity index (χ3v) is 6.03. The van der Waals surface area contributed by atoms with Crippen molar-refractivity contribution < 1.29 is 32.6 Å². The first-order valence-corrected chi connectivity index (χ1v) is 12.2. The molecule has 37 heavy (non-hydrogen) atoms. The van der Waals surface area contributed by atoms with Gasteiger partial charge in [0.05, 0.1) is 19.2 Å². The van der Waals surface area contributed by atoms with Crippen LogP contribution in [0.4, 0.5) is 18.4 Å². The van der Waals surface area contributed by atoms with Crippen LogP contribution in [0.3, 0.4) is 0 Å². The number of urea groups is 1. The van der Waals surface area contributed by atoms with Gasteiger partial charge in [0.1, 0.15) is 6.61 Å². The Morgan fingerprint density at radius 3 is 2.41 bits per heavy atom. The first kappa shape index (κ1) is 27.9. The highest BCUT2D eigenvalue weighted by molar-refractivity contribution is 5.93. The highest BCUT2D eigenvalue weighted by Crippen LogP contribution is 2.24. The molecule has 9 nitrogen and oxygen atoms in total. The van der Waals surface area contributed by atoms with Gasteiger partial charge in [-0.1, -0.05) is 30.4 Å². The molecule has 2 aliphatic heterocycles. The van der Waals surface area contributed by atoms with Gasteiger partial charge in [0.2, 0.25) is 0 Å². The number of carbonyl (C=O) groups excluding carboxylic acids is 3. The number of imide groups is 1. The van der Waals surface area contributed by atoms with Crippen LogP contribution < -0.4 is 10.6 Å². The predicted octanol–water partition coefficient (Wildman–Crippen LogP) is 3.11. The second-order valence-electron chi connectivity index (χ2n) is 8.45. The van der Waals surface area contributed by atoms with Gasteiger partial charge in [0.25, 0.3) is 0 Å². The third-order valence-electron chi connectivity index (χ3n) is 6.03. The number of cyclic esters (lactones) is 1. The van der Waals surface area contributed by atoms with E-state index in [2.05, 4.69) is 21.6 Å². The molecular formula is C26H32F2N4O5. The number of nitrogens with one attached hydrogen (secondary N) is 2. The zero-order chi connectivity index (χ0) is 26.6. The number of carbonyl (C=O) groups is 3. The van der Waals surface area contributed by atoms with Crippen molar-refractivity contribution in [2.45, 2.75) is 25.3 Å². The van der Waals surface area contributed by atoms with Gasteiger partial charge in [-0.3, -0.25) is 0 Å². The lowest BCUT2D eigenvalue weighted by Crippen LogP contribution is -2.46. The average molecular weight is 519 g/mol. The molecule has 4 rings (SSSR count). The van der Waals surface area contributed by atoms with E-state index in [1.807, 2.05) is 18.2 Å². The molecule has 0 spiro atoms. The number of benzene rings is 1. The normalized spacial score (nSPS) is 17.6. The summed E-state index contributed by atoms with van der Waals surface area (Å²) in [6.45, 7) is 3.29. The number of amides is 3. The number of nitrogens with zero attached hydrogens (tertiary/aromatic N) is 2. The van der Waals surface area contributed by atoms with E-state index in [9.17, 15) is 23.2 Å². The Kier molecular flexibility index (Phi) is 10.6. The molecule has 200 valence electrons. The van der Waals surface area contributed by atoms with E-state index in [-0.39, 0.29) is 12.6 Å². The summed E-state index contributed by atoms with van der Waals surface area (Å²) in [5, 5.41) is 6.17. The Hall–Kier alpha value is -3.73. The van der Waals surface area contributed by atoms with Gasteiger partial charge in [0, 0.05) is 37.9 Å². The molecule has 1 aromatic carbocycles. The smallest absolute Gasteiger partial charge is 0.418 e. The van der Waals surface area contributed by atoms with Gasteiger partial charge >= 0.3 is 18.1 Å². The first-order valence-electron chi connectivity index (χ1n) is 12.2. The van der Waals surface area contributed by atoms with Crippen molar-refractivity contribution in [3.8, 4) is 0 Å². The molecule has 3 amide bonds. The SMILES string of the molecule is COC(=O)C1=CC=CCC=C1N1CCC(NCCNC(=O)N2CCOC2=O)CC1.Fc1ccccc1F.